The van der Waals surface area contributed by atoms with Crippen LogP contribution in [0.3, 0.4) is 0 Å². The molecule has 5 nitrogen and oxygen atoms in total. The molecule has 4 rings (SSSR count). The molecule has 0 spiro atoms. The summed E-state index contributed by atoms with van der Waals surface area (Å²) in [6, 6.07) is 21.7. The van der Waals surface area contributed by atoms with Gasteiger partial charge in [0.2, 0.25) is 5.84 Å². The van der Waals surface area contributed by atoms with Crippen molar-refractivity contribution in [3.8, 4) is 0 Å². The summed E-state index contributed by atoms with van der Waals surface area (Å²) in [6.45, 7) is 0.522. The van der Waals surface area contributed by atoms with Gasteiger partial charge >= 0.3 is 0 Å². The van der Waals surface area contributed by atoms with Crippen molar-refractivity contribution in [2.45, 2.75) is 0 Å². The topological polar surface area (TPSA) is 36.8 Å². The third-order valence-corrected chi connectivity index (χ3v) is 4.33. The molecule has 0 amide bonds. The van der Waals surface area contributed by atoms with E-state index in [1.807, 2.05) is 101 Å². The maximum atomic E-state index is 6.03. The average Bonchev–Trinajstić information content (AvgIpc) is 2.69. The summed E-state index contributed by atoms with van der Waals surface area (Å²) in [6.07, 6.45) is 4.00. The Morgan fingerprint density at radius 2 is 1.62 bits per heavy atom. The summed E-state index contributed by atoms with van der Waals surface area (Å²) in [4.78, 5) is 0. The Balaban J connectivity index is 1.73. The van der Waals surface area contributed by atoms with Crippen molar-refractivity contribution in [2.75, 3.05) is 16.7 Å². The van der Waals surface area contributed by atoms with Crippen LogP contribution >= 0.6 is 11.6 Å². The monoisotopic (exact) mass is 363 g/mol. The number of anilines is 2. The van der Waals surface area contributed by atoms with E-state index in [9.17, 15) is 0 Å². The molecule has 0 atom stereocenters. The van der Waals surface area contributed by atoms with E-state index in [2.05, 4.69) is 0 Å². The van der Waals surface area contributed by atoms with E-state index >= 15 is 0 Å². The number of pyridine rings is 1. The van der Waals surface area contributed by atoms with Gasteiger partial charge in [-0.25, -0.2) is 14.6 Å². The van der Waals surface area contributed by atoms with Gasteiger partial charge in [-0.15, -0.1) is 10.5 Å². The number of aromatic nitrogens is 1. The van der Waals surface area contributed by atoms with Crippen LogP contribution in [0.1, 0.15) is 5.56 Å². The van der Waals surface area contributed by atoms with Gasteiger partial charge in [0.05, 0.1) is 16.9 Å². The van der Waals surface area contributed by atoms with Crippen molar-refractivity contribution in [1.82, 2.24) is 5.43 Å². The van der Waals surface area contributed by atoms with E-state index in [0.29, 0.717) is 17.5 Å². The van der Waals surface area contributed by atoms with Crippen molar-refractivity contribution in [1.29, 1.82) is 0 Å². The van der Waals surface area contributed by atoms with Crippen molar-refractivity contribution in [3.63, 3.8) is 0 Å². The lowest BCUT2D eigenvalue weighted by Gasteiger charge is -2.34. The summed E-state index contributed by atoms with van der Waals surface area (Å²) >= 11 is 6.03. The molecule has 2 heterocycles. The molecule has 129 valence electrons. The van der Waals surface area contributed by atoms with Crippen LogP contribution < -0.4 is 20.0 Å². The molecule has 1 radical (unpaired) electrons. The lowest BCUT2D eigenvalue weighted by Crippen LogP contribution is -2.49. The van der Waals surface area contributed by atoms with Gasteiger partial charge in [-0.2, -0.15) is 0 Å². The first kappa shape index (κ1) is 16.4. The summed E-state index contributed by atoms with van der Waals surface area (Å²) in [5.74, 6) is 0.659. The fraction of sp³-hybridized carbons (Fsp3) is 0.100. The summed E-state index contributed by atoms with van der Waals surface area (Å²) < 4.78 is 1.99. The number of hydrazone groups is 1. The van der Waals surface area contributed by atoms with Crippen LogP contribution in [0.2, 0.25) is 5.02 Å². The Morgan fingerprint density at radius 3 is 2.35 bits per heavy atom. The molecule has 1 aromatic heterocycles. The molecule has 0 saturated carbocycles. The zero-order chi connectivity index (χ0) is 17.9. The molecule has 1 aliphatic rings. The largest absolute Gasteiger partial charge is 0.242 e. The number of aryl methyl sites for hydroxylation is 1. The lowest BCUT2D eigenvalue weighted by molar-refractivity contribution is -0.671. The number of hydrogen-bond acceptors (Lipinski definition) is 3. The molecule has 2 aromatic carbocycles. The average molecular weight is 364 g/mol. The fourth-order valence-electron chi connectivity index (χ4n) is 2.77. The third kappa shape index (κ3) is 3.48. The molecule has 3 aromatic rings. The molecule has 1 aliphatic heterocycles. The molecular weight excluding hydrogens is 346 g/mol. The zero-order valence-corrected chi connectivity index (χ0v) is 15.1. The van der Waals surface area contributed by atoms with Gasteiger partial charge in [0, 0.05) is 11.1 Å². The lowest BCUT2D eigenvalue weighted by atomic mass is 10.2. The van der Waals surface area contributed by atoms with Gasteiger partial charge in [-0.3, -0.25) is 0 Å². The molecule has 26 heavy (non-hydrogen) atoms. The normalized spacial score (nSPS) is 14.0. The van der Waals surface area contributed by atoms with Crippen LogP contribution in [-0.2, 0) is 7.05 Å². The number of halogens is 1. The van der Waals surface area contributed by atoms with Crippen molar-refractivity contribution in [3.05, 3.63) is 89.7 Å². The van der Waals surface area contributed by atoms with Crippen LogP contribution in [0, 0.1) is 0 Å². The number of amidine groups is 1. The summed E-state index contributed by atoms with van der Waals surface area (Å²) in [7, 11) is 1.98. The van der Waals surface area contributed by atoms with Gasteiger partial charge in [-0.1, -0.05) is 29.8 Å². The van der Waals surface area contributed by atoms with Gasteiger partial charge in [0.15, 0.2) is 12.4 Å². The van der Waals surface area contributed by atoms with Gasteiger partial charge < -0.3 is 0 Å². The molecule has 0 bridgehead atoms. The predicted molar refractivity (Wildman–Crippen MR) is 104 cm³/mol. The van der Waals surface area contributed by atoms with Crippen LogP contribution in [0.15, 0.2) is 84.2 Å². The van der Waals surface area contributed by atoms with Crippen LogP contribution in [-0.4, -0.2) is 12.5 Å². The number of hydrogen-bond donors (Lipinski definition) is 0. The SMILES string of the molecule is C[n+]1cccc(C2=NN(c3ccccc3)CN(c3ccc(Cl)cc3)[N]2)c1. The highest BCUT2D eigenvalue weighted by Crippen LogP contribution is 2.23. The molecule has 0 saturated heterocycles. The first-order valence-electron chi connectivity index (χ1n) is 8.31. The standard InChI is InChI=1S/C20H18ClN5/c1-24-13-5-6-16(14-24)20-22-25(18-7-3-2-4-8-18)15-26(23-20)19-11-9-17(21)10-12-19/h2-14H,15H2,1H3/q+1. The van der Waals surface area contributed by atoms with Gasteiger partial charge in [0.1, 0.15) is 13.7 Å². The Labute approximate surface area is 157 Å². The van der Waals surface area contributed by atoms with Crippen molar-refractivity contribution < 1.29 is 4.57 Å². The number of benzene rings is 2. The minimum atomic E-state index is 0.522. The van der Waals surface area contributed by atoms with Gasteiger partial charge in [0.25, 0.3) is 0 Å². The Hall–Kier alpha value is -3.05. The van der Waals surface area contributed by atoms with Crippen LogP contribution in [0.25, 0.3) is 0 Å². The molecule has 0 aliphatic carbocycles. The maximum absolute atomic E-state index is 6.03. The van der Waals surface area contributed by atoms with Crippen LogP contribution in [0.5, 0.6) is 0 Å². The van der Waals surface area contributed by atoms with Crippen LogP contribution in [0.4, 0.5) is 11.4 Å². The van der Waals surface area contributed by atoms with E-state index < -0.39 is 0 Å². The van der Waals surface area contributed by atoms with E-state index in [1.54, 1.807) is 0 Å². The summed E-state index contributed by atoms with van der Waals surface area (Å²) in [5.41, 5.74) is 7.68. The zero-order valence-electron chi connectivity index (χ0n) is 14.3. The Kier molecular flexibility index (Phi) is 4.46. The Bertz CT molecular complexity index is 924. The predicted octanol–water partition coefficient (Wildman–Crippen LogP) is 3.33. The fourth-order valence-corrected chi connectivity index (χ4v) is 2.89. The maximum Gasteiger partial charge on any atom is 0.205 e. The van der Waals surface area contributed by atoms with E-state index in [0.717, 1.165) is 16.9 Å². The van der Waals surface area contributed by atoms with Crippen molar-refractivity contribution >= 4 is 28.8 Å². The molecular formula is C20H18ClN5+. The van der Waals surface area contributed by atoms with E-state index in [4.69, 9.17) is 22.1 Å². The summed E-state index contributed by atoms with van der Waals surface area (Å²) in [5, 5.41) is 9.34. The quantitative estimate of drug-likeness (QED) is 0.669. The number of nitrogens with zero attached hydrogens (tertiary/aromatic N) is 5. The first-order valence-corrected chi connectivity index (χ1v) is 8.68. The number of para-hydroxylation sites is 1. The van der Waals surface area contributed by atoms with E-state index in [-0.39, 0.29) is 0 Å². The minimum Gasteiger partial charge on any atom is -0.242 e. The second-order valence-electron chi connectivity index (χ2n) is 6.03. The van der Waals surface area contributed by atoms with Crippen molar-refractivity contribution in [2.24, 2.45) is 12.1 Å². The Morgan fingerprint density at radius 1 is 0.885 bits per heavy atom. The second kappa shape index (κ2) is 7.06. The highest BCUT2D eigenvalue weighted by atomic mass is 35.5. The smallest absolute Gasteiger partial charge is 0.205 e. The first-order chi connectivity index (χ1) is 12.7. The molecule has 0 unspecified atom stereocenters. The second-order valence-corrected chi connectivity index (χ2v) is 6.47. The molecule has 0 N–H and O–H groups in total. The number of rotatable bonds is 3. The molecule has 0 fully saturated rings. The third-order valence-electron chi connectivity index (χ3n) is 4.08. The highest BCUT2D eigenvalue weighted by molar-refractivity contribution is 6.30. The highest BCUT2D eigenvalue weighted by Gasteiger charge is 2.24. The van der Waals surface area contributed by atoms with Gasteiger partial charge in [-0.05, 0) is 42.5 Å². The van der Waals surface area contributed by atoms with E-state index in [1.165, 1.54) is 0 Å². The minimum absolute atomic E-state index is 0.522. The molecule has 6 heteroatoms.